The maximum absolute atomic E-state index is 10.8. The molecule has 1 saturated heterocycles. The van der Waals surface area contributed by atoms with Crippen molar-refractivity contribution in [1.29, 1.82) is 0 Å². The molecule has 226 valence electrons. The molecule has 1 aliphatic heterocycles. The van der Waals surface area contributed by atoms with Gasteiger partial charge >= 0.3 is 0 Å². The molecule has 8 N–H and O–H groups in total. The first-order chi connectivity index (χ1) is 17.5. The van der Waals surface area contributed by atoms with Crippen LogP contribution in [0.2, 0.25) is 0 Å². The molecule has 0 aromatic carbocycles. The summed E-state index contributed by atoms with van der Waals surface area (Å²) in [5.41, 5.74) is 1.13. The lowest BCUT2D eigenvalue weighted by Gasteiger charge is -2.40. The van der Waals surface area contributed by atoms with E-state index in [0.29, 0.717) is 25.7 Å². The highest BCUT2D eigenvalue weighted by Gasteiger charge is 2.40. The first-order valence-corrected chi connectivity index (χ1v) is 14.2. The van der Waals surface area contributed by atoms with Gasteiger partial charge in [-0.1, -0.05) is 46.3 Å². The Hall–Kier alpha value is -0.620. The van der Waals surface area contributed by atoms with Gasteiger partial charge in [0.25, 0.3) is 0 Å². The smallest absolute Gasteiger partial charge is 0.106 e. The normalized spacial score (nSPS) is 28.8. The second-order valence-corrected chi connectivity index (χ2v) is 13.1. The fraction of sp³-hybridized carbons (Fsp3) is 0.931. The van der Waals surface area contributed by atoms with Gasteiger partial charge in [0, 0.05) is 19.3 Å². The lowest BCUT2D eigenvalue weighted by molar-refractivity contribution is -0.202. The highest BCUT2D eigenvalue weighted by molar-refractivity contribution is 5.02. The maximum Gasteiger partial charge on any atom is 0.106 e. The Morgan fingerprint density at radius 2 is 1.53 bits per heavy atom. The van der Waals surface area contributed by atoms with Gasteiger partial charge in [0.2, 0.25) is 0 Å². The summed E-state index contributed by atoms with van der Waals surface area (Å²) in [4.78, 5) is 0. The lowest BCUT2D eigenvalue weighted by Crippen LogP contribution is -2.52. The molecule has 0 aromatic rings. The molecule has 0 aromatic heterocycles. The number of ether oxygens (including phenoxy) is 1. The number of hydrogen-bond acceptors (Lipinski definition) is 9. The largest absolute Gasteiger partial charge is 0.394 e. The van der Waals surface area contributed by atoms with Crippen LogP contribution in [0.5, 0.6) is 0 Å². The third-order valence-electron chi connectivity index (χ3n) is 7.22. The van der Waals surface area contributed by atoms with Crippen molar-refractivity contribution in [3.63, 3.8) is 0 Å². The summed E-state index contributed by atoms with van der Waals surface area (Å²) in [6, 6.07) is 0. The maximum atomic E-state index is 10.8. The first-order valence-electron chi connectivity index (χ1n) is 14.2. The van der Waals surface area contributed by atoms with Gasteiger partial charge < -0.3 is 45.6 Å². The van der Waals surface area contributed by atoms with E-state index < -0.39 is 55.4 Å². The molecule has 9 heteroatoms. The topological polar surface area (TPSA) is 171 Å². The standard InChI is InChI=1S/C29H56O9/c1-17(7-18(2)10-22(33)15-29(4,5)6)8-20(31)9-19(3)11-24(35)26-14-25(36)28(37)27(38-26)13-21(32)12-23(34)16-30/h7,18-28,30-37H,8-16H2,1-6H3/b17-7+. The van der Waals surface area contributed by atoms with E-state index in [2.05, 4.69) is 33.8 Å². The van der Waals surface area contributed by atoms with Crippen LogP contribution in [0, 0.1) is 17.3 Å². The van der Waals surface area contributed by atoms with Crippen molar-refractivity contribution in [2.45, 2.75) is 148 Å². The number of hydrogen-bond donors (Lipinski definition) is 8. The van der Waals surface area contributed by atoms with E-state index >= 15 is 0 Å². The zero-order valence-electron chi connectivity index (χ0n) is 24.3. The van der Waals surface area contributed by atoms with Crippen LogP contribution in [0.15, 0.2) is 11.6 Å². The predicted molar refractivity (Wildman–Crippen MR) is 146 cm³/mol. The van der Waals surface area contributed by atoms with E-state index in [-0.39, 0.29) is 42.6 Å². The number of allylic oxidation sites excluding steroid dienone is 1. The number of aliphatic hydroxyl groups is 8. The zero-order valence-corrected chi connectivity index (χ0v) is 24.3. The molecule has 1 aliphatic rings. The van der Waals surface area contributed by atoms with Crippen molar-refractivity contribution in [3.8, 4) is 0 Å². The van der Waals surface area contributed by atoms with Gasteiger partial charge in [0.15, 0.2) is 0 Å². The summed E-state index contributed by atoms with van der Waals surface area (Å²) in [6.45, 7) is 11.8. The van der Waals surface area contributed by atoms with Crippen molar-refractivity contribution >= 4 is 0 Å². The summed E-state index contributed by atoms with van der Waals surface area (Å²) in [6.07, 6.45) is -3.30. The van der Waals surface area contributed by atoms with Crippen LogP contribution in [0.4, 0.5) is 0 Å². The zero-order chi connectivity index (χ0) is 29.2. The van der Waals surface area contributed by atoms with Crippen LogP contribution in [0.3, 0.4) is 0 Å². The SMILES string of the molecule is C/C(=C\C(C)CC(O)CC(C)(C)C)CC(O)CC(C)CC(O)C1CC(O)C(O)C(CC(O)CC(O)CO)O1. The lowest BCUT2D eigenvalue weighted by atomic mass is 9.85. The van der Waals surface area contributed by atoms with Crippen molar-refractivity contribution in [1.82, 2.24) is 0 Å². The van der Waals surface area contributed by atoms with Crippen molar-refractivity contribution in [2.75, 3.05) is 6.61 Å². The third-order valence-corrected chi connectivity index (χ3v) is 7.22. The molecule has 0 spiro atoms. The van der Waals surface area contributed by atoms with E-state index in [1.807, 2.05) is 13.8 Å². The second kappa shape index (κ2) is 16.6. The van der Waals surface area contributed by atoms with Crippen LogP contribution >= 0.6 is 0 Å². The van der Waals surface area contributed by atoms with Gasteiger partial charge in [-0.25, -0.2) is 0 Å². The molecular weight excluding hydrogens is 492 g/mol. The quantitative estimate of drug-likeness (QED) is 0.134. The summed E-state index contributed by atoms with van der Waals surface area (Å²) in [5.74, 6) is 0.164. The highest BCUT2D eigenvalue weighted by Crippen LogP contribution is 2.29. The van der Waals surface area contributed by atoms with E-state index in [1.54, 1.807) is 0 Å². The Labute approximate surface area is 229 Å². The Morgan fingerprint density at radius 1 is 0.895 bits per heavy atom. The second-order valence-electron chi connectivity index (χ2n) is 13.1. The summed E-state index contributed by atoms with van der Waals surface area (Å²) in [5, 5.41) is 80.9. The van der Waals surface area contributed by atoms with Crippen molar-refractivity contribution < 1.29 is 45.6 Å². The highest BCUT2D eigenvalue weighted by atomic mass is 16.5. The van der Waals surface area contributed by atoms with E-state index in [0.717, 1.165) is 12.0 Å². The minimum atomic E-state index is -1.23. The minimum absolute atomic E-state index is 0.0323. The van der Waals surface area contributed by atoms with Crippen molar-refractivity contribution in [3.05, 3.63) is 11.6 Å². The fourth-order valence-corrected chi connectivity index (χ4v) is 5.60. The molecule has 11 atom stereocenters. The first kappa shape index (κ1) is 35.4. The Morgan fingerprint density at radius 3 is 2.11 bits per heavy atom. The fourth-order valence-electron chi connectivity index (χ4n) is 5.60. The monoisotopic (exact) mass is 548 g/mol. The molecule has 1 rings (SSSR count). The van der Waals surface area contributed by atoms with Gasteiger partial charge in [-0.05, 0) is 56.3 Å². The third kappa shape index (κ3) is 14.1. The van der Waals surface area contributed by atoms with E-state index in [4.69, 9.17) is 9.84 Å². The molecule has 11 unspecified atom stereocenters. The van der Waals surface area contributed by atoms with Gasteiger partial charge in [-0.3, -0.25) is 0 Å². The van der Waals surface area contributed by atoms with Gasteiger partial charge in [-0.15, -0.1) is 0 Å². The molecule has 0 bridgehead atoms. The molecule has 0 saturated carbocycles. The number of rotatable bonds is 16. The molecule has 0 amide bonds. The number of aliphatic hydroxyl groups excluding tert-OH is 8. The summed E-state index contributed by atoms with van der Waals surface area (Å²) < 4.78 is 5.84. The van der Waals surface area contributed by atoms with Gasteiger partial charge in [-0.2, -0.15) is 0 Å². The predicted octanol–water partition coefficient (Wildman–Crippen LogP) is 1.66. The molecule has 38 heavy (non-hydrogen) atoms. The Bertz CT molecular complexity index is 679. The molecule has 0 radical (unpaired) electrons. The average molecular weight is 549 g/mol. The van der Waals surface area contributed by atoms with Crippen LogP contribution < -0.4 is 0 Å². The van der Waals surface area contributed by atoms with Crippen LogP contribution in [-0.2, 0) is 4.74 Å². The van der Waals surface area contributed by atoms with E-state index in [9.17, 15) is 35.7 Å². The Balaban J connectivity index is 2.55. The van der Waals surface area contributed by atoms with Crippen LogP contribution in [0.25, 0.3) is 0 Å². The molecule has 1 heterocycles. The summed E-state index contributed by atoms with van der Waals surface area (Å²) >= 11 is 0. The summed E-state index contributed by atoms with van der Waals surface area (Å²) in [7, 11) is 0. The molecule has 9 nitrogen and oxygen atoms in total. The molecule has 0 aliphatic carbocycles. The van der Waals surface area contributed by atoms with Crippen LogP contribution in [-0.4, -0.2) is 102 Å². The Kier molecular flexibility index (Phi) is 15.5. The van der Waals surface area contributed by atoms with Gasteiger partial charge in [0.05, 0.1) is 55.4 Å². The van der Waals surface area contributed by atoms with Crippen LogP contribution in [0.1, 0.15) is 92.9 Å². The molecule has 1 fully saturated rings. The minimum Gasteiger partial charge on any atom is -0.394 e. The molecular formula is C29H56O9. The average Bonchev–Trinajstić information content (AvgIpc) is 2.74. The van der Waals surface area contributed by atoms with Crippen molar-refractivity contribution in [2.24, 2.45) is 17.3 Å². The van der Waals surface area contributed by atoms with E-state index in [1.165, 1.54) is 0 Å². The van der Waals surface area contributed by atoms with Gasteiger partial charge in [0.1, 0.15) is 6.10 Å².